The van der Waals surface area contributed by atoms with E-state index in [2.05, 4.69) is 40.6 Å². The SMILES string of the molecule is O=C(Nc1cccc2cccnc12)N1CCC(Cc2ccccc2)CC1. The Morgan fingerprint density at radius 3 is 2.58 bits per heavy atom. The van der Waals surface area contributed by atoms with Gasteiger partial charge in [-0.05, 0) is 42.9 Å². The largest absolute Gasteiger partial charge is 0.325 e. The first-order valence-corrected chi connectivity index (χ1v) is 9.23. The van der Waals surface area contributed by atoms with E-state index in [1.807, 2.05) is 35.2 Å². The van der Waals surface area contributed by atoms with Crippen LogP contribution < -0.4 is 5.32 Å². The average molecular weight is 345 g/mol. The Balaban J connectivity index is 1.36. The molecule has 1 saturated heterocycles. The standard InChI is InChI=1S/C22H23N3O/c26-22(24-20-10-4-8-19-9-5-13-23-21(19)20)25-14-11-18(12-15-25)16-17-6-2-1-3-7-17/h1-10,13,18H,11-12,14-16H2,(H,24,26). The third kappa shape index (κ3) is 3.69. The molecular weight excluding hydrogens is 322 g/mol. The van der Waals surface area contributed by atoms with Crippen LogP contribution in [-0.2, 0) is 6.42 Å². The predicted octanol–water partition coefficient (Wildman–Crippen LogP) is 4.72. The van der Waals surface area contributed by atoms with Gasteiger partial charge in [0, 0.05) is 24.7 Å². The molecule has 132 valence electrons. The second-order valence-electron chi connectivity index (χ2n) is 6.93. The normalized spacial score (nSPS) is 15.2. The highest BCUT2D eigenvalue weighted by atomic mass is 16.2. The van der Waals surface area contributed by atoms with Crippen molar-refractivity contribution in [3.05, 3.63) is 72.4 Å². The number of nitrogens with one attached hydrogen (secondary N) is 1. The number of benzene rings is 2. The van der Waals surface area contributed by atoms with E-state index in [-0.39, 0.29) is 6.03 Å². The van der Waals surface area contributed by atoms with Gasteiger partial charge in [0.2, 0.25) is 0 Å². The molecule has 2 aromatic carbocycles. The smallest absolute Gasteiger partial charge is 0.321 e. The lowest BCUT2D eigenvalue weighted by atomic mass is 9.90. The molecule has 2 heterocycles. The molecule has 2 amide bonds. The lowest BCUT2D eigenvalue weighted by Crippen LogP contribution is -2.41. The van der Waals surface area contributed by atoms with E-state index in [1.54, 1.807) is 6.20 Å². The Morgan fingerprint density at radius 1 is 1.00 bits per heavy atom. The number of carbonyl (C=O) groups is 1. The average Bonchev–Trinajstić information content (AvgIpc) is 2.70. The van der Waals surface area contributed by atoms with Gasteiger partial charge in [-0.1, -0.05) is 48.5 Å². The highest BCUT2D eigenvalue weighted by Crippen LogP contribution is 2.24. The van der Waals surface area contributed by atoms with E-state index >= 15 is 0 Å². The first-order chi connectivity index (χ1) is 12.8. The van der Waals surface area contributed by atoms with Gasteiger partial charge in [0.15, 0.2) is 0 Å². The first-order valence-electron chi connectivity index (χ1n) is 9.23. The number of likely N-dealkylation sites (tertiary alicyclic amines) is 1. The molecule has 26 heavy (non-hydrogen) atoms. The molecule has 1 aliphatic heterocycles. The Labute approximate surface area is 153 Å². The molecule has 0 bridgehead atoms. The minimum absolute atomic E-state index is 0.0266. The summed E-state index contributed by atoms with van der Waals surface area (Å²) in [6.07, 6.45) is 4.96. The van der Waals surface area contributed by atoms with Gasteiger partial charge in [0.25, 0.3) is 0 Å². The molecular formula is C22H23N3O. The summed E-state index contributed by atoms with van der Waals surface area (Å²) in [7, 11) is 0. The number of amides is 2. The minimum Gasteiger partial charge on any atom is -0.325 e. The number of rotatable bonds is 3. The minimum atomic E-state index is -0.0266. The molecule has 0 aliphatic carbocycles. The van der Waals surface area contributed by atoms with Crippen molar-refractivity contribution in [3.63, 3.8) is 0 Å². The van der Waals surface area contributed by atoms with E-state index in [1.165, 1.54) is 5.56 Å². The maximum Gasteiger partial charge on any atom is 0.321 e. The zero-order valence-electron chi connectivity index (χ0n) is 14.8. The maximum atomic E-state index is 12.7. The van der Waals surface area contributed by atoms with Crippen LogP contribution >= 0.6 is 0 Å². The van der Waals surface area contributed by atoms with Gasteiger partial charge in [0.05, 0.1) is 11.2 Å². The van der Waals surface area contributed by atoms with Gasteiger partial charge in [-0.2, -0.15) is 0 Å². The quantitative estimate of drug-likeness (QED) is 0.746. The van der Waals surface area contributed by atoms with Crippen molar-refractivity contribution in [2.75, 3.05) is 18.4 Å². The zero-order chi connectivity index (χ0) is 17.8. The molecule has 1 aromatic heterocycles. The van der Waals surface area contributed by atoms with E-state index < -0.39 is 0 Å². The number of carbonyl (C=O) groups excluding carboxylic acids is 1. The second kappa shape index (κ2) is 7.56. The monoisotopic (exact) mass is 345 g/mol. The summed E-state index contributed by atoms with van der Waals surface area (Å²) in [5, 5.41) is 4.08. The third-order valence-electron chi connectivity index (χ3n) is 5.14. The van der Waals surface area contributed by atoms with E-state index in [0.717, 1.165) is 48.9 Å². The zero-order valence-corrected chi connectivity index (χ0v) is 14.8. The van der Waals surface area contributed by atoms with Crippen LogP contribution in [0.15, 0.2) is 66.9 Å². The summed E-state index contributed by atoms with van der Waals surface area (Å²) in [5.41, 5.74) is 3.00. The Hall–Kier alpha value is -2.88. The van der Waals surface area contributed by atoms with Crippen LogP contribution in [0.1, 0.15) is 18.4 Å². The van der Waals surface area contributed by atoms with Crippen LogP contribution in [0.25, 0.3) is 10.9 Å². The van der Waals surface area contributed by atoms with Gasteiger partial charge in [-0.15, -0.1) is 0 Å². The van der Waals surface area contributed by atoms with Crippen molar-refractivity contribution in [3.8, 4) is 0 Å². The van der Waals surface area contributed by atoms with Crippen molar-refractivity contribution in [1.82, 2.24) is 9.88 Å². The van der Waals surface area contributed by atoms with Crippen LogP contribution in [0.2, 0.25) is 0 Å². The number of anilines is 1. The van der Waals surface area contributed by atoms with Crippen molar-refractivity contribution < 1.29 is 4.79 Å². The molecule has 0 atom stereocenters. The number of aromatic nitrogens is 1. The summed E-state index contributed by atoms with van der Waals surface area (Å²) in [5.74, 6) is 0.653. The van der Waals surface area contributed by atoms with Crippen LogP contribution in [0, 0.1) is 5.92 Å². The van der Waals surface area contributed by atoms with E-state index in [0.29, 0.717) is 5.92 Å². The summed E-state index contributed by atoms with van der Waals surface area (Å²) < 4.78 is 0. The Kier molecular flexibility index (Phi) is 4.82. The number of hydrogen-bond donors (Lipinski definition) is 1. The summed E-state index contributed by atoms with van der Waals surface area (Å²) in [6.45, 7) is 1.61. The molecule has 0 spiro atoms. The first kappa shape index (κ1) is 16.6. The number of hydrogen-bond acceptors (Lipinski definition) is 2. The lowest BCUT2D eigenvalue weighted by Gasteiger charge is -2.32. The van der Waals surface area contributed by atoms with E-state index in [4.69, 9.17) is 0 Å². The van der Waals surface area contributed by atoms with E-state index in [9.17, 15) is 4.79 Å². The van der Waals surface area contributed by atoms with Gasteiger partial charge in [-0.25, -0.2) is 4.79 Å². The summed E-state index contributed by atoms with van der Waals surface area (Å²) in [4.78, 5) is 19.0. The fourth-order valence-corrected chi connectivity index (χ4v) is 3.69. The van der Waals surface area contributed by atoms with Crippen molar-refractivity contribution in [1.29, 1.82) is 0 Å². The van der Waals surface area contributed by atoms with Crippen LogP contribution in [-0.4, -0.2) is 29.0 Å². The van der Waals surface area contributed by atoms with Crippen LogP contribution in [0.4, 0.5) is 10.5 Å². The molecule has 0 radical (unpaired) electrons. The molecule has 1 fully saturated rings. The maximum absolute atomic E-state index is 12.7. The summed E-state index contributed by atoms with van der Waals surface area (Å²) in [6, 6.07) is 20.4. The molecule has 4 heteroatoms. The number of piperidine rings is 1. The Morgan fingerprint density at radius 2 is 1.77 bits per heavy atom. The lowest BCUT2D eigenvalue weighted by molar-refractivity contribution is 0.182. The second-order valence-corrected chi connectivity index (χ2v) is 6.93. The van der Waals surface area contributed by atoms with Crippen molar-refractivity contribution >= 4 is 22.6 Å². The predicted molar refractivity (Wildman–Crippen MR) is 105 cm³/mol. The van der Waals surface area contributed by atoms with Gasteiger partial charge >= 0.3 is 6.03 Å². The number of urea groups is 1. The Bertz CT molecular complexity index is 881. The fourth-order valence-electron chi connectivity index (χ4n) is 3.69. The summed E-state index contributed by atoms with van der Waals surface area (Å²) >= 11 is 0. The molecule has 0 saturated carbocycles. The van der Waals surface area contributed by atoms with Crippen LogP contribution in [0.5, 0.6) is 0 Å². The number of pyridine rings is 1. The van der Waals surface area contributed by atoms with Crippen molar-refractivity contribution in [2.24, 2.45) is 5.92 Å². The fraction of sp³-hybridized carbons (Fsp3) is 0.273. The molecule has 3 aromatic rings. The molecule has 1 N–H and O–H groups in total. The number of fused-ring (bicyclic) bond motifs is 1. The molecule has 0 unspecified atom stereocenters. The number of para-hydroxylation sites is 1. The third-order valence-corrected chi connectivity index (χ3v) is 5.14. The molecule has 4 rings (SSSR count). The van der Waals surface area contributed by atoms with Gasteiger partial charge in [-0.3, -0.25) is 4.98 Å². The molecule has 4 nitrogen and oxygen atoms in total. The highest BCUT2D eigenvalue weighted by molar-refractivity contribution is 5.99. The highest BCUT2D eigenvalue weighted by Gasteiger charge is 2.23. The topological polar surface area (TPSA) is 45.2 Å². The van der Waals surface area contributed by atoms with Crippen molar-refractivity contribution in [2.45, 2.75) is 19.3 Å². The number of nitrogens with zero attached hydrogens (tertiary/aromatic N) is 2. The van der Waals surface area contributed by atoms with Crippen LogP contribution in [0.3, 0.4) is 0 Å². The molecule has 1 aliphatic rings. The van der Waals surface area contributed by atoms with Gasteiger partial charge in [0.1, 0.15) is 0 Å². The van der Waals surface area contributed by atoms with Gasteiger partial charge < -0.3 is 10.2 Å².